The Hall–Kier alpha value is -3.66. The van der Waals surface area contributed by atoms with Crippen molar-refractivity contribution in [3.05, 3.63) is 71.7 Å². The molecule has 7 heteroatoms. The van der Waals surface area contributed by atoms with Crippen LogP contribution in [-0.2, 0) is 0 Å². The van der Waals surface area contributed by atoms with Gasteiger partial charge in [-0.15, -0.1) is 0 Å². The number of carbonyl (C=O) groups excluding carboxylic acids is 1. The Morgan fingerprint density at radius 1 is 1.19 bits per heavy atom. The molecule has 3 rings (SSSR count). The molecule has 0 atom stereocenters. The smallest absolute Gasteiger partial charge is 0.254 e. The molecule has 0 aliphatic heterocycles. The van der Waals surface area contributed by atoms with Crippen LogP contribution in [-0.4, -0.2) is 33.8 Å². The van der Waals surface area contributed by atoms with Gasteiger partial charge in [0.05, 0.1) is 22.5 Å². The number of hydrogen-bond acceptors (Lipinski definition) is 5. The van der Waals surface area contributed by atoms with Crippen molar-refractivity contribution in [2.24, 2.45) is 0 Å². The van der Waals surface area contributed by atoms with E-state index in [0.29, 0.717) is 35.7 Å². The number of benzene rings is 1. The van der Waals surface area contributed by atoms with Gasteiger partial charge in [-0.05, 0) is 31.2 Å². The van der Waals surface area contributed by atoms with Crippen molar-refractivity contribution in [1.82, 2.24) is 20.1 Å². The van der Waals surface area contributed by atoms with Crippen molar-refractivity contribution >= 4 is 11.7 Å². The zero-order valence-corrected chi connectivity index (χ0v) is 14.3. The molecule has 26 heavy (non-hydrogen) atoms. The van der Waals surface area contributed by atoms with E-state index in [2.05, 4.69) is 26.8 Å². The van der Waals surface area contributed by atoms with Crippen LogP contribution in [0.4, 0.5) is 5.82 Å². The van der Waals surface area contributed by atoms with Gasteiger partial charge in [-0.1, -0.05) is 18.2 Å². The number of aromatic nitrogens is 3. The number of para-hydroxylation sites is 1. The number of anilines is 1. The van der Waals surface area contributed by atoms with Crippen LogP contribution in [0.3, 0.4) is 0 Å². The molecule has 130 valence electrons. The van der Waals surface area contributed by atoms with Crippen LogP contribution in [0.15, 0.2) is 54.9 Å². The molecule has 1 amide bonds. The van der Waals surface area contributed by atoms with Gasteiger partial charge < -0.3 is 10.6 Å². The van der Waals surface area contributed by atoms with Gasteiger partial charge in [-0.3, -0.25) is 4.79 Å². The number of aryl methyl sites for hydroxylation is 1. The van der Waals surface area contributed by atoms with Crippen LogP contribution in [0.1, 0.15) is 21.6 Å². The van der Waals surface area contributed by atoms with E-state index in [-0.39, 0.29) is 5.91 Å². The maximum Gasteiger partial charge on any atom is 0.254 e. The minimum Gasteiger partial charge on any atom is -0.367 e. The Kier molecular flexibility index (Phi) is 5.25. The van der Waals surface area contributed by atoms with Crippen molar-refractivity contribution in [1.29, 1.82) is 5.26 Å². The van der Waals surface area contributed by atoms with Gasteiger partial charge >= 0.3 is 0 Å². The highest BCUT2D eigenvalue weighted by Gasteiger charge is 2.13. The molecular weight excluding hydrogens is 328 g/mol. The summed E-state index contributed by atoms with van der Waals surface area (Å²) in [6, 6.07) is 15.1. The van der Waals surface area contributed by atoms with Crippen LogP contribution < -0.4 is 10.6 Å². The second kappa shape index (κ2) is 7.94. The Balaban J connectivity index is 1.57. The summed E-state index contributed by atoms with van der Waals surface area (Å²) in [4.78, 5) is 16.5. The fraction of sp³-hybridized carbons (Fsp3) is 0.158. The second-order valence-corrected chi connectivity index (χ2v) is 5.60. The topological polar surface area (TPSA) is 95.6 Å². The summed E-state index contributed by atoms with van der Waals surface area (Å²) in [7, 11) is 0. The lowest BCUT2D eigenvalue weighted by atomic mass is 10.2. The number of rotatable bonds is 6. The van der Waals surface area contributed by atoms with Crippen LogP contribution in [0, 0.1) is 18.3 Å². The third-order valence-electron chi connectivity index (χ3n) is 3.80. The summed E-state index contributed by atoms with van der Waals surface area (Å²) < 4.78 is 1.69. The number of nitriles is 1. The predicted molar refractivity (Wildman–Crippen MR) is 98.1 cm³/mol. The fourth-order valence-corrected chi connectivity index (χ4v) is 2.48. The number of hydrogen-bond donors (Lipinski definition) is 2. The monoisotopic (exact) mass is 346 g/mol. The van der Waals surface area contributed by atoms with Crippen LogP contribution >= 0.6 is 0 Å². The summed E-state index contributed by atoms with van der Waals surface area (Å²) in [5, 5.41) is 19.3. The van der Waals surface area contributed by atoms with E-state index in [0.717, 1.165) is 5.69 Å². The molecule has 0 radical (unpaired) electrons. The van der Waals surface area contributed by atoms with Gasteiger partial charge in [0.15, 0.2) is 0 Å². The number of amides is 1. The quantitative estimate of drug-likeness (QED) is 0.668. The molecule has 0 aliphatic rings. The van der Waals surface area contributed by atoms with Crippen LogP contribution in [0.25, 0.3) is 5.69 Å². The standard InChI is InChI=1S/C19H18N6O/c1-14-17(13-25(24-14)16-7-3-2-4-8-16)19(26)23-11-10-22-18-15(12-20)6-5-9-21-18/h2-9,13H,10-11H2,1H3,(H,21,22)(H,23,26). The first-order valence-corrected chi connectivity index (χ1v) is 8.18. The Morgan fingerprint density at radius 2 is 2.00 bits per heavy atom. The summed E-state index contributed by atoms with van der Waals surface area (Å²) >= 11 is 0. The summed E-state index contributed by atoms with van der Waals surface area (Å²) in [6.45, 7) is 2.67. The van der Waals surface area contributed by atoms with Gasteiger partial charge in [0.1, 0.15) is 11.9 Å². The van der Waals surface area contributed by atoms with E-state index in [1.165, 1.54) is 0 Å². The normalized spacial score (nSPS) is 10.2. The molecule has 2 aromatic heterocycles. The third kappa shape index (κ3) is 3.87. The number of nitrogens with one attached hydrogen (secondary N) is 2. The molecule has 0 unspecified atom stereocenters. The number of carbonyl (C=O) groups is 1. The second-order valence-electron chi connectivity index (χ2n) is 5.60. The Bertz CT molecular complexity index is 942. The van der Waals surface area contributed by atoms with E-state index < -0.39 is 0 Å². The average molecular weight is 346 g/mol. The predicted octanol–water partition coefficient (Wildman–Crippen LogP) is 2.29. The molecule has 1 aromatic carbocycles. The van der Waals surface area contributed by atoms with E-state index in [1.807, 2.05) is 30.3 Å². The van der Waals surface area contributed by atoms with Gasteiger partial charge in [-0.25, -0.2) is 9.67 Å². The maximum absolute atomic E-state index is 12.4. The minimum atomic E-state index is -0.187. The first kappa shape index (κ1) is 17.2. The average Bonchev–Trinajstić information content (AvgIpc) is 3.08. The van der Waals surface area contributed by atoms with Gasteiger partial charge in [0.2, 0.25) is 0 Å². The highest BCUT2D eigenvalue weighted by atomic mass is 16.1. The molecule has 7 nitrogen and oxygen atoms in total. The summed E-state index contributed by atoms with van der Waals surface area (Å²) in [5.74, 6) is 0.324. The Morgan fingerprint density at radius 3 is 2.77 bits per heavy atom. The lowest BCUT2D eigenvalue weighted by molar-refractivity contribution is 0.0954. The molecule has 0 saturated carbocycles. The first-order valence-electron chi connectivity index (χ1n) is 8.18. The van der Waals surface area contributed by atoms with Crippen molar-refractivity contribution < 1.29 is 4.79 Å². The van der Waals surface area contributed by atoms with Crippen molar-refractivity contribution in [3.8, 4) is 11.8 Å². The lowest BCUT2D eigenvalue weighted by Crippen LogP contribution is -2.29. The van der Waals surface area contributed by atoms with Crippen molar-refractivity contribution in [2.75, 3.05) is 18.4 Å². The SMILES string of the molecule is Cc1nn(-c2ccccc2)cc1C(=O)NCCNc1ncccc1C#N. The van der Waals surface area contributed by atoms with E-state index in [9.17, 15) is 4.79 Å². The third-order valence-corrected chi connectivity index (χ3v) is 3.80. The number of nitrogens with zero attached hydrogens (tertiary/aromatic N) is 4. The molecule has 0 aliphatic carbocycles. The molecule has 3 aromatic rings. The minimum absolute atomic E-state index is 0.187. The van der Waals surface area contributed by atoms with Crippen LogP contribution in [0.5, 0.6) is 0 Å². The highest BCUT2D eigenvalue weighted by molar-refractivity contribution is 5.95. The van der Waals surface area contributed by atoms with Gasteiger partial charge in [0, 0.05) is 25.5 Å². The Labute approximate surface area is 151 Å². The van der Waals surface area contributed by atoms with Gasteiger partial charge in [0.25, 0.3) is 5.91 Å². The van der Waals surface area contributed by atoms with E-state index in [1.54, 1.807) is 36.1 Å². The fourth-order valence-electron chi connectivity index (χ4n) is 2.48. The molecule has 2 N–H and O–H groups in total. The maximum atomic E-state index is 12.4. The summed E-state index contributed by atoms with van der Waals surface area (Å²) in [5.41, 5.74) is 2.56. The van der Waals surface area contributed by atoms with E-state index >= 15 is 0 Å². The summed E-state index contributed by atoms with van der Waals surface area (Å²) in [6.07, 6.45) is 3.34. The molecule has 0 spiro atoms. The molecule has 0 bridgehead atoms. The molecule has 0 saturated heterocycles. The van der Waals surface area contributed by atoms with E-state index in [4.69, 9.17) is 5.26 Å². The largest absolute Gasteiger partial charge is 0.367 e. The zero-order valence-electron chi connectivity index (χ0n) is 14.3. The highest BCUT2D eigenvalue weighted by Crippen LogP contribution is 2.12. The lowest BCUT2D eigenvalue weighted by Gasteiger charge is -2.08. The zero-order chi connectivity index (χ0) is 18.4. The van der Waals surface area contributed by atoms with Crippen LogP contribution in [0.2, 0.25) is 0 Å². The molecule has 2 heterocycles. The molecular formula is C19H18N6O. The van der Waals surface area contributed by atoms with Gasteiger partial charge in [-0.2, -0.15) is 10.4 Å². The first-order chi connectivity index (χ1) is 12.7. The van der Waals surface area contributed by atoms with Crippen molar-refractivity contribution in [2.45, 2.75) is 6.92 Å². The number of pyridine rings is 1. The molecule has 0 fully saturated rings. The van der Waals surface area contributed by atoms with Crippen molar-refractivity contribution in [3.63, 3.8) is 0 Å².